The lowest BCUT2D eigenvalue weighted by Gasteiger charge is -2.48. The molecule has 4 atom stereocenters. The number of carbonyl (C=O) groups is 1. The summed E-state index contributed by atoms with van der Waals surface area (Å²) in [5.41, 5.74) is 5.24. The number of likely N-dealkylation sites (tertiary alicyclic amines) is 1. The number of likely N-dealkylation sites (N-methyl/N-ethyl adjacent to an activating group) is 1. The summed E-state index contributed by atoms with van der Waals surface area (Å²) in [6.45, 7) is 5.14. The van der Waals surface area contributed by atoms with Gasteiger partial charge in [-0.25, -0.2) is 0 Å². The van der Waals surface area contributed by atoms with Crippen molar-refractivity contribution in [3.63, 3.8) is 0 Å². The molecule has 1 amide bonds. The predicted molar refractivity (Wildman–Crippen MR) is 100 cm³/mol. The number of hydrogen-bond donors (Lipinski definition) is 1. The zero-order valence-electron chi connectivity index (χ0n) is 15.1. The first kappa shape index (κ1) is 15.2. The van der Waals surface area contributed by atoms with Gasteiger partial charge in [0, 0.05) is 41.8 Å². The summed E-state index contributed by atoms with van der Waals surface area (Å²) in [6.07, 6.45) is 6.57. The molecule has 1 N–H and O–H groups in total. The Hall–Kier alpha value is -2.07. The topological polar surface area (TPSA) is 39.3 Å². The number of H-pyrrole nitrogens is 1. The number of aromatic amines is 1. The highest BCUT2D eigenvalue weighted by Crippen LogP contribution is 2.41. The minimum absolute atomic E-state index is 0.0304. The van der Waals surface area contributed by atoms with E-state index < -0.39 is 0 Å². The second-order valence-corrected chi connectivity index (χ2v) is 8.11. The largest absolute Gasteiger partial charge is 0.361 e. The van der Waals surface area contributed by atoms with Crippen LogP contribution >= 0.6 is 0 Å². The fourth-order valence-corrected chi connectivity index (χ4v) is 5.25. The van der Waals surface area contributed by atoms with Gasteiger partial charge in [-0.3, -0.25) is 9.69 Å². The number of rotatable bonds is 1. The Labute approximate surface area is 148 Å². The number of carbonyl (C=O) groups excluding carboxylic acids is 1. The van der Waals surface area contributed by atoms with Crippen molar-refractivity contribution >= 4 is 22.4 Å². The lowest BCUT2D eigenvalue weighted by molar-refractivity contribution is -0.146. The van der Waals surface area contributed by atoms with Crippen molar-refractivity contribution in [3.05, 3.63) is 41.6 Å². The summed E-state index contributed by atoms with van der Waals surface area (Å²) in [6, 6.07) is 7.62. The van der Waals surface area contributed by atoms with Gasteiger partial charge in [0.15, 0.2) is 0 Å². The molecule has 0 saturated carbocycles. The van der Waals surface area contributed by atoms with Gasteiger partial charge >= 0.3 is 0 Å². The average molecular weight is 335 g/mol. The van der Waals surface area contributed by atoms with Gasteiger partial charge in [-0.2, -0.15) is 0 Å². The molecule has 2 aliphatic heterocycles. The molecule has 25 heavy (non-hydrogen) atoms. The molecule has 2 aromatic rings. The van der Waals surface area contributed by atoms with Crippen LogP contribution in [-0.2, 0) is 11.2 Å². The van der Waals surface area contributed by atoms with Crippen LogP contribution in [0.2, 0.25) is 0 Å². The highest BCUT2D eigenvalue weighted by atomic mass is 16.2. The summed E-state index contributed by atoms with van der Waals surface area (Å²) >= 11 is 0. The fraction of sp³-hybridized carbons (Fsp3) is 0.476. The Morgan fingerprint density at radius 2 is 2.04 bits per heavy atom. The number of amides is 1. The van der Waals surface area contributed by atoms with E-state index in [9.17, 15) is 4.79 Å². The molecule has 0 spiro atoms. The van der Waals surface area contributed by atoms with Crippen LogP contribution in [-0.4, -0.2) is 52.4 Å². The molecule has 3 aliphatic rings. The maximum atomic E-state index is 13.1. The lowest BCUT2D eigenvalue weighted by atomic mass is 9.79. The SMILES string of the molecule is C[C@H]1C[C@H](C)N1C(=O)[C@H]1C=C2c3cccc4[nH]cc(c34)C[C@H]2N(C)C1. The van der Waals surface area contributed by atoms with Crippen molar-refractivity contribution in [2.45, 2.75) is 44.8 Å². The molecule has 1 aromatic heterocycles. The van der Waals surface area contributed by atoms with Crippen molar-refractivity contribution in [1.82, 2.24) is 14.8 Å². The maximum Gasteiger partial charge on any atom is 0.231 e. The van der Waals surface area contributed by atoms with E-state index in [1.807, 2.05) is 0 Å². The van der Waals surface area contributed by atoms with Crippen molar-refractivity contribution in [1.29, 1.82) is 0 Å². The first-order valence-corrected chi connectivity index (χ1v) is 9.38. The third-order valence-corrected chi connectivity index (χ3v) is 6.47. The van der Waals surface area contributed by atoms with Crippen LogP contribution in [0.3, 0.4) is 0 Å². The molecule has 0 unspecified atom stereocenters. The van der Waals surface area contributed by atoms with E-state index in [0.29, 0.717) is 24.0 Å². The van der Waals surface area contributed by atoms with Crippen molar-refractivity contribution < 1.29 is 4.79 Å². The number of aromatic nitrogens is 1. The molecule has 0 radical (unpaired) electrons. The molecular formula is C21H25N3O. The molecule has 0 bridgehead atoms. The van der Waals surface area contributed by atoms with Crippen LogP contribution in [0.25, 0.3) is 16.5 Å². The van der Waals surface area contributed by atoms with Crippen LogP contribution in [0.4, 0.5) is 0 Å². The van der Waals surface area contributed by atoms with E-state index in [1.165, 1.54) is 27.6 Å². The smallest absolute Gasteiger partial charge is 0.231 e. The fourth-order valence-electron chi connectivity index (χ4n) is 5.25. The average Bonchev–Trinajstić information content (AvgIpc) is 3.00. The number of nitrogens with one attached hydrogen (secondary N) is 1. The summed E-state index contributed by atoms with van der Waals surface area (Å²) < 4.78 is 0. The van der Waals surface area contributed by atoms with E-state index in [1.54, 1.807) is 0 Å². The van der Waals surface area contributed by atoms with Crippen LogP contribution in [0.1, 0.15) is 31.4 Å². The van der Waals surface area contributed by atoms with Crippen molar-refractivity contribution in [2.75, 3.05) is 13.6 Å². The molecular weight excluding hydrogens is 310 g/mol. The van der Waals surface area contributed by atoms with Gasteiger partial charge < -0.3 is 9.88 Å². The number of nitrogens with zero attached hydrogens (tertiary/aromatic N) is 2. The number of hydrogen-bond acceptors (Lipinski definition) is 2. The van der Waals surface area contributed by atoms with E-state index >= 15 is 0 Å². The predicted octanol–water partition coefficient (Wildman–Crippen LogP) is 3.05. The van der Waals surface area contributed by atoms with E-state index in [4.69, 9.17) is 0 Å². The zero-order chi connectivity index (χ0) is 17.3. The first-order valence-electron chi connectivity index (χ1n) is 9.38. The highest BCUT2D eigenvalue weighted by Gasteiger charge is 2.41. The zero-order valence-corrected chi connectivity index (χ0v) is 15.1. The quantitative estimate of drug-likeness (QED) is 0.870. The van der Waals surface area contributed by atoms with Crippen molar-refractivity contribution in [2.24, 2.45) is 5.92 Å². The Balaban J connectivity index is 1.58. The van der Waals surface area contributed by atoms with Crippen LogP contribution < -0.4 is 0 Å². The van der Waals surface area contributed by atoms with Crippen LogP contribution in [0.5, 0.6) is 0 Å². The Morgan fingerprint density at radius 3 is 2.80 bits per heavy atom. The Morgan fingerprint density at radius 1 is 1.24 bits per heavy atom. The summed E-state index contributed by atoms with van der Waals surface area (Å²) in [4.78, 5) is 21.0. The maximum absolute atomic E-state index is 13.1. The standard InChI is InChI=1S/C21H25N3O/c1-12-7-13(2)24(12)21(25)15-8-17-16-5-4-6-18-20(16)14(10-22-18)9-19(17)23(3)11-15/h4-6,8,10,12-13,15,19,22H,7,9,11H2,1-3H3/t12-,13-,15-,19+/m0/s1. The van der Waals surface area contributed by atoms with Gasteiger partial charge in [-0.05, 0) is 56.5 Å². The molecule has 1 aliphatic carbocycles. The van der Waals surface area contributed by atoms with Gasteiger partial charge in [0.25, 0.3) is 0 Å². The molecule has 1 fully saturated rings. The monoisotopic (exact) mass is 335 g/mol. The summed E-state index contributed by atoms with van der Waals surface area (Å²) in [5, 5.41) is 1.34. The van der Waals surface area contributed by atoms with Gasteiger partial charge in [-0.1, -0.05) is 18.2 Å². The second-order valence-electron chi connectivity index (χ2n) is 8.11. The van der Waals surface area contributed by atoms with Gasteiger partial charge in [0.1, 0.15) is 0 Å². The van der Waals surface area contributed by atoms with Gasteiger partial charge in [-0.15, -0.1) is 0 Å². The first-order chi connectivity index (χ1) is 12.0. The minimum Gasteiger partial charge on any atom is -0.361 e. The molecule has 4 heteroatoms. The van der Waals surface area contributed by atoms with Crippen molar-refractivity contribution in [3.8, 4) is 0 Å². The number of benzene rings is 1. The Kier molecular flexibility index (Phi) is 3.17. The normalized spacial score (nSPS) is 31.5. The third-order valence-electron chi connectivity index (χ3n) is 6.47. The van der Waals surface area contributed by atoms with E-state index in [2.05, 4.69) is 66.2 Å². The van der Waals surface area contributed by atoms with Gasteiger partial charge in [0.2, 0.25) is 5.91 Å². The molecule has 3 heterocycles. The molecule has 4 nitrogen and oxygen atoms in total. The van der Waals surface area contributed by atoms with E-state index in [-0.39, 0.29) is 5.92 Å². The second kappa shape index (κ2) is 5.21. The summed E-state index contributed by atoms with van der Waals surface area (Å²) in [5.74, 6) is 0.272. The molecule has 5 rings (SSSR count). The van der Waals surface area contributed by atoms with Crippen LogP contribution in [0.15, 0.2) is 30.5 Å². The number of fused-ring (bicyclic) bond motifs is 2. The van der Waals surface area contributed by atoms with E-state index in [0.717, 1.165) is 19.4 Å². The molecule has 130 valence electrons. The Bertz CT molecular complexity index is 888. The highest BCUT2D eigenvalue weighted by molar-refractivity contribution is 5.99. The van der Waals surface area contributed by atoms with Gasteiger partial charge in [0.05, 0.1) is 5.92 Å². The molecule has 1 aromatic carbocycles. The third kappa shape index (κ3) is 2.07. The molecule has 1 saturated heterocycles. The minimum atomic E-state index is -0.0304. The van der Waals surface area contributed by atoms with Crippen LogP contribution in [0, 0.1) is 5.92 Å². The lowest BCUT2D eigenvalue weighted by Crippen LogP contribution is -2.59. The summed E-state index contributed by atoms with van der Waals surface area (Å²) in [7, 11) is 2.17.